The number of hydrogen-bond acceptors (Lipinski definition) is 3. The second-order valence-electron chi connectivity index (χ2n) is 5.62. The number of aromatic nitrogens is 2. The monoisotopic (exact) mass is 310 g/mol. The zero-order valence-corrected chi connectivity index (χ0v) is 13.9. The number of nitrogens with zero attached hydrogens (tertiary/aromatic N) is 2. The van der Waals surface area contributed by atoms with Crippen LogP contribution in [0.15, 0.2) is 42.5 Å². The minimum atomic E-state index is 0.445. The van der Waals surface area contributed by atoms with E-state index in [-0.39, 0.29) is 0 Å². The Morgan fingerprint density at radius 1 is 1.04 bits per heavy atom. The predicted molar refractivity (Wildman–Crippen MR) is 92.0 cm³/mol. The fraction of sp³-hybridized carbons (Fsp3) is 0.316. The zero-order valence-electron chi connectivity index (χ0n) is 13.9. The van der Waals surface area contributed by atoms with E-state index in [4.69, 9.17) is 9.47 Å². The van der Waals surface area contributed by atoms with Gasteiger partial charge in [0, 0.05) is 13.1 Å². The largest absolute Gasteiger partial charge is 0.497 e. The van der Waals surface area contributed by atoms with Gasteiger partial charge in [-0.3, -0.25) is 0 Å². The van der Waals surface area contributed by atoms with E-state index in [2.05, 4.69) is 24.0 Å². The van der Waals surface area contributed by atoms with Crippen molar-refractivity contribution in [3.63, 3.8) is 0 Å². The molecule has 0 N–H and O–H groups in total. The molecule has 0 radical (unpaired) electrons. The fourth-order valence-corrected chi connectivity index (χ4v) is 2.66. The van der Waals surface area contributed by atoms with Crippen molar-refractivity contribution in [3.8, 4) is 11.5 Å². The van der Waals surface area contributed by atoms with Crippen LogP contribution >= 0.6 is 0 Å². The van der Waals surface area contributed by atoms with Gasteiger partial charge in [-0.1, -0.05) is 25.5 Å². The molecule has 0 bridgehead atoms. The van der Waals surface area contributed by atoms with E-state index >= 15 is 0 Å². The lowest BCUT2D eigenvalue weighted by Crippen LogP contribution is -2.03. The van der Waals surface area contributed by atoms with Gasteiger partial charge in [-0.2, -0.15) is 0 Å². The summed E-state index contributed by atoms with van der Waals surface area (Å²) in [5, 5.41) is 0. The van der Waals surface area contributed by atoms with Crippen LogP contribution in [0.25, 0.3) is 11.0 Å². The molecule has 4 nitrogen and oxygen atoms in total. The summed E-state index contributed by atoms with van der Waals surface area (Å²) in [5.41, 5.74) is 3.33. The molecule has 0 spiro atoms. The SMILES string of the molecule is CCCc1ccc(OCc2nc3ccc(OC)cc3n2C)cc1. The standard InChI is InChI=1S/C19H22N2O2/c1-4-5-14-6-8-15(9-7-14)23-13-19-20-17-11-10-16(22-3)12-18(17)21(19)2/h6-12H,4-5,13H2,1-3H3. The van der Waals surface area contributed by atoms with Crippen molar-refractivity contribution in [2.75, 3.05) is 7.11 Å². The molecule has 0 aliphatic carbocycles. The summed E-state index contributed by atoms with van der Waals surface area (Å²) in [4.78, 5) is 4.63. The molecule has 3 aromatic rings. The van der Waals surface area contributed by atoms with Crippen LogP contribution in [0.2, 0.25) is 0 Å². The minimum absolute atomic E-state index is 0.445. The molecule has 3 rings (SSSR count). The van der Waals surface area contributed by atoms with Crippen molar-refractivity contribution in [1.82, 2.24) is 9.55 Å². The average Bonchev–Trinajstić information content (AvgIpc) is 2.90. The quantitative estimate of drug-likeness (QED) is 0.687. The van der Waals surface area contributed by atoms with Crippen molar-refractivity contribution in [2.24, 2.45) is 7.05 Å². The van der Waals surface area contributed by atoms with Crippen LogP contribution in [0.5, 0.6) is 11.5 Å². The first-order chi connectivity index (χ1) is 11.2. The van der Waals surface area contributed by atoms with Crippen LogP contribution in [-0.2, 0) is 20.1 Å². The highest BCUT2D eigenvalue weighted by molar-refractivity contribution is 5.77. The summed E-state index contributed by atoms with van der Waals surface area (Å²) in [5.74, 6) is 2.60. The molecule has 0 unspecified atom stereocenters. The first kappa shape index (κ1) is 15.4. The fourth-order valence-electron chi connectivity index (χ4n) is 2.66. The highest BCUT2D eigenvalue weighted by Crippen LogP contribution is 2.22. The third-order valence-corrected chi connectivity index (χ3v) is 4.01. The van der Waals surface area contributed by atoms with E-state index in [1.165, 1.54) is 5.56 Å². The molecule has 0 atom stereocenters. The van der Waals surface area contributed by atoms with Gasteiger partial charge >= 0.3 is 0 Å². The Morgan fingerprint density at radius 3 is 2.48 bits per heavy atom. The number of benzene rings is 2. The second-order valence-corrected chi connectivity index (χ2v) is 5.62. The molecule has 0 fully saturated rings. The van der Waals surface area contributed by atoms with Gasteiger partial charge in [0.1, 0.15) is 23.9 Å². The molecule has 0 aliphatic heterocycles. The number of ether oxygens (including phenoxy) is 2. The van der Waals surface area contributed by atoms with Gasteiger partial charge in [-0.15, -0.1) is 0 Å². The molecule has 23 heavy (non-hydrogen) atoms. The Morgan fingerprint density at radius 2 is 1.78 bits per heavy atom. The first-order valence-corrected chi connectivity index (χ1v) is 7.92. The number of aryl methyl sites for hydroxylation is 2. The highest BCUT2D eigenvalue weighted by Gasteiger charge is 2.09. The van der Waals surface area contributed by atoms with Crippen LogP contribution in [0.1, 0.15) is 24.7 Å². The second kappa shape index (κ2) is 6.73. The number of imidazole rings is 1. The van der Waals surface area contributed by atoms with Crippen molar-refractivity contribution >= 4 is 11.0 Å². The average molecular weight is 310 g/mol. The van der Waals surface area contributed by atoms with Gasteiger partial charge in [0.05, 0.1) is 18.1 Å². The molecule has 2 aromatic carbocycles. The molecule has 0 saturated carbocycles. The Balaban J connectivity index is 1.75. The Bertz CT molecular complexity index is 791. The number of methoxy groups -OCH3 is 1. The Kier molecular flexibility index (Phi) is 4.51. The molecule has 0 aliphatic rings. The highest BCUT2D eigenvalue weighted by atomic mass is 16.5. The van der Waals surface area contributed by atoms with E-state index in [0.717, 1.165) is 41.2 Å². The molecular weight excluding hydrogens is 288 g/mol. The van der Waals surface area contributed by atoms with Crippen LogP contribution < -0.4 is 9.47 Å². The molecule has 1 heterocycles. The van der Waals surface area contributed by atoms with Crippen LogP contribution in [0, 0.1) is 0 Å². The lowest BCUT2D eigenvalue weighted by molar-refractivity contribution is 0.292. The zero-order chi connectivity index (χ0) is 16.2. The summed E-state index contributed by atoms with van der Waals surface area (Å²) in [7, 11) is 3.67. The van der Waals surface area contributed by atoms with E-state index in [9.17, 15) is 0 Å². The van der Waals surface area contributed by atoms with Gasteiger partial charge in [0.25, 0.3) is 0 Å². The first-order valence-electron chi connectivity index (χ1n) is 7.92. The third-order valence-electron chi connectivity index (χ3n) is 4.01. The number of hydrogen-bond donors (Lipinski definition) is 0. The maximum atomic E-state index is 5.88. The Hall–Kier alpha value is -2.49. The molecule has 120 valence electrons. The van der Waals surface area contributed by atoms with Crippen LogP contribution in [0.4, 0.5) is 0 Å². The molecule has 0 amide bonds. The lowest BCUT2D eigenvalue weighted by atomic mass is 10.1. The summed E-state index contributed by atoms with van der Waals surface area (Å²) >= 11 is 0. The third kappa shape index (κ3) is 3.31. The van der Waals surface area contributed by atoms with E-state index in [1.54, 1.807) is 7.11 Å². The van der Waals surface area contributed by atoms with Crippen molar-refractivity contribution < 1.29 is 9.47 Å². The molecule has 4 heteroatoms. The van der Waals surface area contributed by atoms with E-state index in [0.29, 0.717) is 6.61 Å². The smallest absolute Gasteiger partial charge is 0.147 e. The normalized spacial score (nSPS) is 10.9. The van der Waals surface area contributed by atoms with Gasteiger partial charge in [0.15, 0.2) is 0 Å². The van der Waals surface area contributed by atoms with Crippen molar-refractivity contribution in [3.05, 3.63) is 53.9 Å². The topological polar surface area (TPSA) is 36.3 Å². The lowest BCUT2D eigenvalue weighted by Gasteiger charge is -2.07. The summed E-state index contributed by atoms with van der Waals surface area (Å²) in [6, 6.07) is 14.2. The molecular formula is C19H22N2O2. The van der Waals surface area contributed by atoms with Crippen molar-refractivity contribution in [2.45, 2.75) is 26.4 Å². The predicted octanol–water partition coefficient (Wildman–Crippen LogP) is 4.11. The van der Waals surface area contributed by atoms with Crippen LogP contribution in [0.3, 0.4) is 0 Å². The van der Waals surface area contributed by atoms with Gasteiger partial charge in [0.2, 0.25) is 0 Å². The number of fused-ring (bicyclic) bond motifs is 1. The maximum absolute atomic E-state index is 5.88. The van der Waals surface area contributed by atoms with Gasteiger partial charge in [-0.25, -0.2) is 4.98 Å². The summed E-state index contributed by atoms with van der Waals surface area (Å²) < 4.78 is 13.2. The minimum Gasteiger partial charge on any atom is -0.497 e. The van der Waals surface area contributed by atoms with E-state index < -0.39 is 0 Å². The van der Waals surface area contributed by atoms with Gasteiger partial charge in [-0.05, 0) is 36.2 Å². The van der Waals surface area contributed by atoms with Crippen LogP contribution in [-0.4, -0.2) is 16.7 Å². The maximum Gasteiger partial charge on any atom is 0.147 e. The van der Waals surface area contributed by atoms with Gasteiger partial charge < -0.3 is 14.0 Å². The summed E-state index contributed by atoms with van der Waals surface area (Å²) in [6.07, 6.45) is 2.26. The Labute approximate surface area is 136 Å². The number of rotatable bonds is 6. The van der Waals surface area contributed by atoms with Crippen molar-refractivity contribution in [1.29, 1.82) is 0 Å². The van der Waals surface area contributed by atoms with E-state index in [1.807, 2.05) is 41.9 Å². The summed E-state index contributed by atoms with van der Waals surface area (Å²) in [6.45, 7) is 2.63. The molecule has 1 aromatic heterocycles. The molecule has 0 saturated heterocycles.